The standard InChI is InChI=1S/C15H20N2O2/c1-4-17-11-12(10-16-17)9-15(2,18)13-7-5-6-8-14(13)19-3/h5-8,10-11,18H,4,9H2,1-3H3. The van der Waals surface area contributed by atoms with E-state index in [1.165, 1.54) is 0 Å². The predicted molar refractivity (Wildman–Crippen MR) is 74.2 cm³/mol. The summed E-state index contributed by atoms with van der Waals surface area (Å²) < 4.78 is 7.17. The van der Waals surface area contributed by atoms with Gasteiger partial charge in [-0.3, -0.25) is 4.68 Å². The fourth-order valence-corrected chi connectivity index (χ4v) is 2.25. The highest BCUT2D eigenvalue weighted by atomic mass is 16.5. The molecule has 0 saturated heterocycles. The second-order valence-electron chi connectivity index (χ2n) is 4.86. The summed E-state index contributed by atoms with van der Waals surface area (Å²) in [6.07, 6.45) is 4.27. The number of rotatable bonds is 5. The van der Waals surface area contributed by atoms with Crippen molar-refractivity contribution in [3.8, 4) is 5.75 Å². The first-order chi connectivity index (χ1) is 9.06. The summed E-state index contributed by atoms with van der Waals surface area (Å²) in [5, 5.41) is 14.9. The summed E-state index contributed by atoms with van der Waals surface area (Å²) in [5.74, 6) is 0.704. The number of benzene rings is 1. The van der Waals surface area contributed by atoms with Crippen molar-refractivity contribution < 1.29 is 9.84 Å². The third-order valence-electron chi connectivity index (χ3n) is 3.25. The molecule has 0 spiro atoms. The number of hydrogen-bond acceptors (Lipinski definition) is 3. The molecule has 0 fully saturated rings. The van der Waals surface area contributed by atoms with Gasteiger partial charge in [0.15, 0.2) is 0 Å². The van der Waals surface area contributed by atoms with Gasteiger partial charge in [0.25, 0.3) is 0 Å². The average molecular weight is 260 g/mol. The van der Waals surface area contributed by atoms with Crippen molar-refractivity contribution in [1.29, 1.82) is 0 Å². The van der Waals surface area contributed by atoms with E-state index in [1.807, 2.05) is 42.1 Å². The number of ether oxygens (including phenoxy) is 1. The molecule has 1 aromatic heterocycles. The van der Waals surface area contributed by atoms with Crippen LogP contribution < -0.4 is 4.74 Å². The molecule has 2 rings (SSSR count). The third-order valence-corrected chi connectivity index (χ3v) is 3.25. The molecule has 0 aliphatic carbocycles. The van der Waals surface area contributed by atoms with Gasteiger partial charge >= 0.3 is 0 Å². The Hall–Kier alpha value is -1.81. The first-order valence-electron chi connectivity index (χ1n) is 6.44. The minimum Gasteiger partial charge on any atom is -0.496 e. The largest absolute Gasteiger partial charge is 0.496 e. The van der Waals surface area contributed by atoms with E-state index in [4.69, 9.17) is 4.74 Å². The summed E-state index contributed by atoms with van der Waals surface area (Å²) >= 11 is 0. The Kier molecular flexibility index (Phi) is 3.90. The molecule has 0 radical (unpaired) electrons. The van der Waals surface area contributed by atoms with Crippen LogP contribution in [0.15, 0.2) is 36.7 Å². The summed E-state index contributed by atoms with van der Waals surface area (Å²) in [5.41, 5.74) is 0.827. The van der Waals surface area contributed by atoms with Gasteiger partial charge in [-0.15, -0.1) is 0 Å². The molecule has 0 bridgehead atoms. The van der Waals surface area contributed by atoms with E-state index >= 15 is 0 Å². The maximum atomic E-state index is 10.7. The number of aliphatic hydroxyl groups is 1. The summed E-state index contributed by atoms with van der Waals surface area (Å²) in [4.78, 5) is 0. The maximum absolute atomic E-state index is 10.7. The number of hydrogen-bond donors (Lipinski definition) is 1. The third kappa shape index (κ3) is 2.96. The summed E-state index contributed by atoms with van der Waals surface area (Å²) in [7, 11) is 1.62. The zero-order chi connectivity index (χ0) is 13.9. The van der Waals surface area contributed by atoms with E-state index in [0.29, 0.717) is 12.2 Å². The van der Waals surface area contributed by atoms with E-state index in [-0.39, 0.29) is 0 Å². The van der Waals surface area contributed by atoms with Crippen molar-refractivity contribution in [2.24, 2.45) is 0 Å². The molecule has 1 atom stereocenters. The first-order valence-corrected chi connectivity index (χ1v) is 6.44. The fourth-order valence-electron chi connectivity index (χ4n) is 2.25. The van der Waals surface area contributed by atoms with Crippen molar-refractivity contribution in [2.75, 3.05) is 7.11 Å². The molecule has 0 amide bonds. The quantitative estimate of drug-likeness (QED) is 0.897. The smallest absolute Gasteiger partial charge is 0.124 e. The molecule has 1 heterocycles. The van der Waals surface area contributed by atoms with Crippen molar-refractivity contribution in [2.45, 2.75) is 32.4 Å². The molecular formula is C15H20N2O2. The van der Waals surface area contributed by atoms with Crippen LogP contribution in [0.3, 0.4) is 0 Å². The summed E-state index contributed by atoms with van der Waals surface area (Å²) in [6.45, 7) is 4.67. The number of nitrogens with zero attached hydrogens (tertiary/aromatic N) is 2. The Balaban J connectivity index is 2.26. The highest BCUT2D eigenvalue weighted by Crippen LogP contribution is 2.32. The lowest BCUT2D eigenvalue weighted by Crippen LogP contribution is -2.24. The SMILES string of the molecule is CCn1cc(CC(C)(O)c2ccccc2OC)cn1. The molecule has 0 aliphatic rings. The van der Waals surface area contributed by atoms with E-state index in [0.717, 1.165) is 17.7 Å². The highest BCUT2D eigenvalue weighted by molar-refractivity contribution is 5.38. The summed E-state index contributed by atoms with van der Waals surface area (Å²) in [6, 6.07) is 7.55. The second kappa shape index (κ2) is 5.45. The van der Waals surface area contributed by atoms with Gasteiger partial charge in [0.2, 0.25) is 0 Å². The zero-order valence-corrected chi connectivity index (χ0v) is 11.6. The topological polar surface area (TPSA) is 47.3 Å². The van der Waals surface area contributed by atoms with Crippen molar-refractivity contribution >= 4 is 0 Å². The predicted octanol–water partition coefficient (Wildman–Crippen LogP) is 2.36. The van der Waals surface area contributed by atoms with Gasteiger partial charge in [-0.25, -0.2) is 0 Å². The molecule has 19 heavy (non-hydrogen) atoms. The lowest BCUT2D eigenvalue weighted by molar-refractivity contribution is 0.0549. The van der Waals surface area contributed by atoms with E-state index in [2.05, 4.69) is 5.10 Å². The molecule has 4 heteroatoms. The van der Waals surface area contributed by atoms with Crippen LogP contribution in [0.2, 0.25) is 0 Å². The fraction of sp³-hybridized carbons (Fsp3) is 0.400. The van der Waals surface area contributed by atoms with Crippen molar-refractivity contribution in [1.82, 2.24) is 9.78 Å². The van der Waals surface area contributed by atoms with Crippen molar-refractivity contribution in [3.63, 3.8) is 0 Å². The minimum atomic E-state index is -0.978. The van der Waals surface area contributed by atoms with Crippen LogP contribution in [-0.4, -0.2) is 22.0 Å². The van der Waals surface area contributed by atoms with Gasteiger partial charge < -0.3 is 9.84 Å². The van der Waals surface area contributed by atoms with E-state index in [9.17, 15) is 5.11 Å². The Labute approximate surface area is 113 Å². The molecule has 1 unspecified atom stereocenters. The number of aromatic nitrogens is 2. The maximum Gasteiger partial charge on any atom is 0.124 e. The van der Waals surface area contributed by atoms with Gasteiger partial charge in [-0.1, -0.05) is 18.2 Å². The molecule has 0 aliphatic heterocycles. The molecule has 1 aromatic carbocycles. The Morgan fingerprint density at radius 3 is 2.74 bits per heavy atom. The zero-order valence-electron chi connectivity index (χ0n) is 11.6. The molecular weight excluding hydrogens is 240 g/mol. The number of para-hydroxylation sites is 1. The van der Waals surface area contributed by atoms with Gasteiger partial charge in [0, 0.05) is 24.7 Å². The van der Waals surface area contributed by atoms with Gasteiger partial charge in [-0.05, 0) is 25.5 Å². The second-order valence-corrected chi connectivity index (χ2v) is 4.86. The van der Waals surface area contributed by atoms with Crippen molar-refractivity contribution in [3.05, 3.63) is 47.8 Å². The van der Waals surface area contributed by atoms with Crippen LogP contribution in [-0.2, 0) is 18.6 Å². The number of aryl methyl sites for hydroxylation is 1. The number of methoxy groups -OCH3 is 1. The molecule has 102 valence electrons. The Morgan fingerprint density at radius 1 is 1.37 bits per heavy atom. The van der Waals surface area contributed by atoms with Crippen LogP contribution >= 0.6 is 0 Å². The van der Waals surface area contributed by atoms with Crippen LogP contribution in [0.5, 0.6) is 5.75 Å². The van der Waals surface area contributed by atoms with Crippen LogP contribution in [0.25, 0.3) is 0 Å². The first kappa shape index (κ1) is 13.6. The normalized spacial score (nSPS) is 14.1. The highest BCUT2D eigenvalue weighted by Gasteiger charge is 2.27. The molecule has 0 saturated carbocycles. The lowest BCUT2D eigenvalue weighted by Gasteiger charge is -2.25. The molecule has 1 N–H and O–H groups in total. The molecule has 2 aromatic rings. The van der Waals surface area contributed by atoms with E-state index in [1.54, 1.807) is 20.2 Å². The lowest BCUT2D eigenvalue weighted by atomic mass is 9.89. The average Bonchev–Trinajstić information content (AvgIpc) is 2.85. The van der Waals surface area contributed by atoms with Gasteiger partial charge in [0.1, 0.15) is 5.75 Å². The van der Waals surface area contributed by atoms with Crippen LogP contribution in [0.4, 0.5) is 0 Å². The van der Waals surface area contributed by atoms with Gasteiger partial charge in [0.05, 0.1) is 18.9 Å². The monoisotopic (exact) mass is 260 g/mol. The van der Waals surface area contributed by atoms with Crippen LogP contribution in [0.1, 0.15) is 25.0 Å². The Bertz CT molecular complexity index is 547. The van der Waals surface area contributed by atoms with E-state index < -0.39 is 5.60 Å². The van der Waals surface area contributed by atoms with Crippen LogP contribution in [0, 0.1) is 0 Å². The Morgan fingerprint density at radius 2 is 2.11 bits per heavy atom. The minimum absolute atomic E-state index is 0.507. The van der Waals surface area contributed by atoms with Gasteiger partial charge in [-0.2, -0.15) is 5.10 Å². The molecule has 4 nitrogen and oxygen atoms in total.